The maximum absolute atomic E-state index is 12.1. The molecule has 0 N–H and O–H groups in total. The smallest absolute Gasteiger partial charge is 0.343 e. The van der Waals surface area contributed by atoms with Crippen LogP contribution >= 0.6 is 0 Å². The minimum atomic E-state index is -0.440. The second-order valence-corrected chi connectivity index (χ2v) is 5.84. The van der Waals surface area contributed by atoms with Crippen molar-refractivity contribution in [1.29, 1.82) is 0 Å². The Hall–Kier alpha value is -3.40. The minimum Gasteiger partial charge on any atom is -0.457 e. The Morgan fingerprint density at radius 2 is 1.31 bits per heavy atom. The molecule has 0 amide bonds. The van der Waals surface area contributed by atoms with Crippen LogP contribution in [-0.4, -0.2) is 11.9 Å². The summed E-state index contributed by atoms with van der Waals surface area (Å²) in [5.74, 6) is -0.496. The molecule has 0 bridgehead atoms. The van der Waals surface area contributed by atoms with E-state index in [0.29, 0.717) is 16.9 Å². The topological polar surface area (TPSA) is 52.6 Å². The normalized spacial score (nSPS) is 10.2. The lowest BCUT2D eigenvalue weighted by Crippen LogP contribution is -2.09. The van der Waals surface area contributed by atoms with Gasteiger partial charge in [0.1, 0.15) is 12.4 Å². The summed E-state index contributed by atoms with van der Waals surface area (Å²) in [6.45, 7) is 2.16. The van der Waals surface area contributed by atoms with E-state index in [1.807, 2.05) is 49.4 Å². The van der Waals surface area contributed by atoms with Crippen molar-refractivity contribution in [2.24, 2.45) is 0 Å². The van der Waals surface area contributed by atoms with E-state index < -0.39 is 11.9 Å². The highest BCUT2D eigenvalue weighted by atomic mass is 16.5. The van der Waals surface area contributed by atoms with Gasteiger partial charge < -0.3 is 9.47 Å². The second kappa shape index (κ2) is 8.12. The van der Waals surface area contributed by atoms with Crippen LogP contribution < -0.4 is 4.74 Å². The summed E-state index contributed by atoms with van der Waals surface area (Å²) in [6, 6.07) is 22.9. The lowest BCUT2D eigenvalue weighted by Gasteiger charge is -2.07. The molecule has 3 rings (SSSR count). The first-order chi connectivity index (χ1) is 12.6. The standard InChI is InChI=1S/C22H18O4/c1-16-7-9-19(10-8-16)22(24)26-20-13-11-18(12-14-20)21(23)25-15-17-5-3-2-4-6-17/h2-14H,15H2,1H3. The van der Waals surface area contributed by atoms with Crippen molar-refractivity contribution >= 4 is 11.9 Å². The fourth-order valence-electron chi connectivity index (χ4n) is 2.32. The van der Waals surface area contributed by atoms with E-state index in [1.165, 1.54) is 0 Å². The zero-order chi connectivity index (χ0) is 18.4. The van der Waals surface area contributed by atoms with Crippen molar-refractivity contribution < 1.29 is 19.1 Å². The van der Waals surface area contributed by atoms with Crippen LogP contribution in [0.15, 0.2) is 78.9 Å². The molecule has 0 saturated carbocycles. The van der Waals surface area contributed by atoms with Gasteiger partial charge in [0, 0.05) is 0 Å². The Balaban J connectivity index is 1.58. The zero-order valence-electron chi connectivity index (χ0n) is 14.3. The van der Waals surface area contributed by atoms with E-state index >= 15 is 0 Å². The first kappa shape index (κ1) is 17.4. The number of esters is 2. The molecular weight excluding hydrogens is 328 g/mol. The molecule has 4 nitrogen and oxygen atoms in total. The fourth-order valence-corrected chi connectivity index (χ4v) is 2.32. The van der Waals surface area contributed by atoms with Gasteiger partial charge in [-0.25, -0.2) is 9.59 Å². The third-order valence-corrected chi connectivity index (χ3v) is 3.80. The summed E-state index contributed by atoms with van der Waals surface area (Å²) in [5.41, 5.74) is 2.86. The van der Waals surface area contributed by atoms with Crippen LogP contribution in [0.25, 0.3) is 0 Å². The summed E-state index contributed by atoms with van der Waals surface area (Å²) in [5, 5.41) is 0. The van der Waals surface area contributed by atoms with Crippen LogP contribution in [0.2, 0.25) is 0 Å². The molecule has 26 heavy (non-hydrogen) atoms. The van der Waals surface area contributed by atoms with Crippen molar-refractivity contribution in [3.05, 3.63) is 101 Å². The number of aryl methyl sites for hydroxylation is 1. The second-order valence-electron chi connectivity index (χ2n) is 5.84. The average Bonchev–Trinajstić information content (AvgIpc) is 2.68. The Kier molecular flexibility index (Phi) is 5.44. The lowest BCUT2D eigenvalue weighted by atomic mass is 10.1. The van der Waals surface area contributed by atoms with Crippen LogP contribution in [0.3, 0.4) is 0 Å². The molecule has 0 aliphatic heterocycles. The number of carbonyl (C=O) groups is 2. The van der Waals surface area contributed by atoms with Crippen LogP contribution in [0.4, 0.5) is 0 Å². The fraction of sp³-hybridized carbons (Fsp3) is 0.0909. The summed E-state index contributed by atoms with van der Waals surface area (Å²) < 4.78 is 10.6. The number of rotatable bonds is 5. The Bertz CT molecular complexity index is 882. The molecule has 0 aliphatic carbocycles. The third kappa shape index (κ3) is 4.57. The van der Waals surface area contributed by atoms with Gasteiger partial charge in [0.15, 0.2) is 0 Å². The Labute approximate surface area is 152 Å². The molecular formula is C22H18O4. The van der Waals surface area contributed by atoms with Crippen LogP contribution in [0.1, 0.15) is 31.8 Å². The molecule has 130 valence electrons. The summed E-state index contributed by atoms with van der Waals surface area (Å²) in [7, 11) is 0. The van der Waals surface area contributed by atoms with Gasteiger partial charge in [0.05, 0.1) is 11.1 Å². The van der Waals surface area contributed by atoms with Crippen molar-refractivity contribution in [1.82, 2.24) is 0 Å². The molecule has 0 unspecified atom stereocenters. The molecule has 0 saturated heterocycles. The van der Waals surface area contributed by atoms with Crippen molar-refractivity contribution in [2.75, 3.05) is 0 Å². The predicted octanol–water partition coefficient (Wildman–Crippen LogP) is 4.57. The van der Waals surface area contributed by atoms with Crippen LogP contribution in [0, 0.1) is 6.92 Å². The molecule has 0 spiro atoms. The highest BCUT2D eigenvalue weighted by molar-refractivity contribution is 5.92. The number of benzene rings is 3. The monoisotopic (exact) mass is 346 g/mol. The van der Waals surface area contributed by atoms with Gasteiger partial charge in [-0.2, -0.15) is 0 Å². The SMILES string of the molecule is Cc1ccc(C(=O)Oc2ccc(C(=O)OCc3ccccc3)cc2)cc1. The molecule has 3 aromatic rings. The summed E-state index contributed by atoms with van der Waals surface area (Å²) in [6.07, 6.45) is 0. The number of carbonyl (C=O) groups excluding carboxylic acids is 2. The Morgan fingerprint density at radius 3 is 1.96 bits per heavy atom. The van der Waals surface area contributed by atoms with E-state index in [2.05, 4.69) is 0 Å². The number of ether oxygens (including phenoxy) is 2. The van der Waals surface area contributed by atoms with Gasteiger partial charge in [-0.3, -0.25) is 0 Å². The van der Waals surface area contributed by atoms with Gasteiger partial charge in [-0.05, 0) is 48.9 Å². The quantitative estimate of drug-likeness (QED) is 0.501. The predicted molar refractivity (Wildman–Crippen MR) is 98.1 cm³/mol. The van der Waals surface area contributed by atoms with Gasteiger partial charge in [-0.1, -0.05) is 48.0 Å². The molecule has 0 aromatic heterocycles. The van der Waals surface area contributed by atoms with Gasteiger partial charge in [0.2, 0.25) is 0 Å². The lowest BCUT2D eigenvalue weighted by molar-refractivity contribution is 0.0472. The molecule has 3 aromatic carbocycles. The summed E-state index contributed by atoms with van der Waals surface area (Å²) in [4.78, 5) is 24.2. The summed E-state index contributed by atoms with van der Waals surface area (Å²) >= 11 is 0. The highest BCUT2D eigenvalue weighted by Crippen LogP contribution is 2.16. The highest BCUT2D eigenvalue weighted by Gasteiger charge is 2.11. The molecule has 0 radical (unpaired) electrons. The first-order valence-corrected chi connectivity index (χ1v) is 8.22. The minimum absolute atomic E-state index is 0.212. The maximum Gasteiger partial charge on any atom is 0.343 e. The van der Waals surface area contributed by atoms with E-state index in [-0.39, 0.29) is 6.61 Å². The van der Waals surface area contributed by atoms with E-state index in [4.69, 9.17) is 9.47 Å². The molecule has 0 aliphatic rings. The largest absolute Gasteiger partial charge is 0.457 e. The zero-order valence-corrected chi connectivity index (χ0v) is 14.3. The van der Waals surface area contributed by atoms with Gasteiger partial charge in [-0.15, -0.1) is 0 Å². The number of hydrogen-bond acceptors (Lipinski definition) is 4. The van der Waals surface area contributed by atoms with E-state index in [0.717, 1.165) is 11.1 Å². The Morgan fingerprint density at radius 1 is 0.731 bits per heavy atom. The van der Waals surface area contributed by atoms with Crippen molar-refractivity contribution in [3.8, 4) is 5.75 Å². The maximum atomic E-state index is 12.1. The van der Waals surface area contributed by atoms with E-state index in [9.17, 15) is 9.59 Å². The van der Waals surface area contributed by atoms with E-state index in [1.54, 1.807) is 36.4 Å². The van der Waals surface area contributed by atoms with Crippen LogP contribution in [0.5, 0.6) is 5.75 Å². The number of hydrogen-bond donors (Lipinski definition) is 0. The van der Waals surface area contributed by atoms with Crippen molar-refractivity contribution in [3.63, 3.8) is 0 Å². The average molecular weight is 346 g/mol. The molecule has 0 heterocycles. The van der Waals surface area contributed by atoms with Crippen LogP contribution in [-0.2, 0) is 11.3 Å². The van der Waals surface area contributed by atoms with Gasteiger partial charge in [0.25, 0.3) is 0 Å². The van der Waals surface area contributed by atoms with Crippen molar-refractivity contribution in [2.45, 2.75) is 13.5 Å². The van der Waals surface area contributed by atoms with Gasteiger partial charge >= 0.3 is 11.9 Å². The molecule has 4 heteroatoms. The molecule has 0 atom stereocenters. The third-order valence-electron chi connectivity index (χ3n) is 3.80. The molecule has 0 fully saturated rings. The first-order valence-electron chi connectivity index (χ1n) is 8.22.